The number of benzene rings is 1. The van der Waals surface area contributed by atoms with Crippen LogP contribution in [0.15, 0.2) is 30.3 Å². The molecule has 0 bridgehead atoms. The first-order valence-corrected chi connectivity index (χ1v) is 8.77. The third-order valence-electron chi connectivity index (χ3n) is 5.53. The normalized spacial score (nSPS) is 29.0. The minimum Gasteiger partial charge on any atom is -0.298 e. The zero-order valence-corrected chi connectivity index (χ0v) is 13.7. The molecule has 3 atom stereocenters. The lowest BCUT2D eigenvalue weighted by Crippen LogP contribution is -2.58. The lowest BCUT2D eigenvalue weighted by Gasteiger charge is -2.47. The van der Waals surface area contributed by atoms with E-state index in [9.17, 15) is 0 Å². The number of rotatable bonds is 4. The van der Waals surface area contributed by atoms with Gasteiger partial charge in [-0.2, -0.15) is 0 Å². The molecule has 2 heterocycles. The molecule has 1 aromatic rings. The Hall–Kier alpha value is -0.860. The molecular weight excluding hydrogens is 256 g/mol. The number of piperidine rings is 1. The monoisotopic (exact) mass is 286 g/mol. The minimum atomic E-state index is 0.669. The van der Waals surface area contributed by atoms with Crippen molar-refractivity contribution in [3.05, 3.63) is 35.9 Å². The molecule has 1 aromatic carbocycles. The van der Waals surface area contributed by atoms with Gasteiger partial charge in [-0.3, -0.25) is 9.80 Å². The summed E-state index contributed by atoms with van der Waals surface area (Å²) in [5.74, 6) is 0.669. The average Bonchev–Trinajstić information content (AvgIpc) is 2.53. The lowest BCUT2D eigenvalue weighted by molar-refractivity contribution is 0.0142. The standard InChI is InChI=1S/C19H30N2/c1-16(18-8-4-3-5-9-18)11-13-20-15-19-10-6-7-12-21(19)14-17(20)2/h3-5,8-9,16-17,19H,6-7,10-15H2,1-2H3. The quantitative estimate of drug-likeness (QED) is 0.832. The van der Waals surface area contributed by atoms with Crippen LogP contribution >= 0.6 is 0 Å². The Balaban J connectivity index is 1.52. The predicted octanol–water partition coefficient (Wildman–Crippen LogP) is 3.74. The molecule has 0 saturated carbocycles. The maximum Gasteiger partial charge on any atom is 0.0223 e. The molecule has 21 heavy (non-hydrogen) atoms. The van der Waals surface area contributed by atoms with E-state index in [2.05, 4.69) is 54.0 Å². The maximum atomic E-state index is 2.74. The summed E-state index contributed by atoms with van der Waals surface area (Å²) in [5.41, 5.74) is 1.49. The van der Waals surface area contributed by atoms with E-state index in [1.165, 1.54) is 57.4 Å². The first kappa shape index (κ1) is 15.1. The Morgan fingerprint density at radius 1 is 1.14 bits per heavy atom. The summed E-state index contributed by atoms with van der Waals surface area (Å²) in [6.07, 6.45) is 5.54. The Morgan fingerprint density at radius 3 is 2.76 bits per heavy atom. The summed E-state index contributed by atoms with van der Waals surface area (Å²) in [4.78, 5) is 5.48. The number of fused-ring (bicyclic) bond motifs is 1. The van der Waals surface area contributed by atoms with Gasteiger partial charge in [-0.15, -0.1) is 0 Å². The topological polar surface area (TPSA) is 6.48 Å². The van der Waals surface area contributed by atoms with Gasteiger partial charge in [0, 0.05) is 25.2 Å². The molecule has 0 aliphatic carbocycles. The molecule has 2 aliphatic rings. The van der Waals surface area contributed by atoms with Crippen LogP contribution in [-0.2, 0) is 0 Å². The first-order chi connectivity index (χ1) is 10.2. The van der Waals surface area contributed by atoms with Crippen LogP contribution in [0.5, 0.6) is 0 Å². The fourth-order valence-electron chi connectivity index (χ4n) is 4.03. The largest absolute Gasteiger partial charge is 0.298 e. The van der Waals surface area contributed by atoms with Gasteiger partial charge < -0.3 is 0 Å². The molecule has 0 amide bonds. The Morgan fingerprint density at radius 2 is 1.95 bits per heavy atom. The maximum absolute atomic E-state index is 2.74. The summed E-state index contributed by atoms with van der Waals surface area (Å²) < 4.78 is 0. The summed E-state index contributed by atoms with van der Waals surface area (Å²) >= 11 is 0. The molecule has 3 unspecified atom stereocenters. The number of nitrogens with zero attached hydrogens (tertiary/aromatic N) is 2. The van der Waals surface area contributed by atoms with Crippen molar-refractivity contribution in [2.45, 2.75) is 57.5 Å². The van der Waals surface area contributed by atoms with E-state index in [1.807, 2.05) is 0 Å². The van der Waals surface area contributed by atoms with Crippen molar-refractivity contribution in [2.75, 3.05) is 26.2 Å². The number of piperazine rings is 1. The third-order valence-corrected chi connectivity index (χ3v) is 5.53. The SMILES string of the molecule is CC(CCN1CC2CCCCN2CC1C)c1ccccc1. The Bertz CT molecular complexity index is 430. The van der Waals surface area contributed by atoms with Gasteiger partial charge in [-0.1, -0.05) is 43.7 Å². The number of hydrogen-bond acceptors (Lipinski definition) is 2. The van der Waals surface area contributed by atoms with E-state index in [1.54, 1.807) is 0 Å². The van der Waals surface area contributed by atoms with Crippen molar-refractivity contribution in [2.24, 2.45) is 0 Å². The van der Waals surface area contributed by atoms with E-state index in [4.69, 9.17) is 0 Å². The van der Waals surface area contributed by atoms with Crippen molar-refractivity contribution >= 4 is 0 Å². The fourth-order valence-corrected chi connectivity index (χ4v) is 4.03. The van der Waals surface area contributed by atoms with Gasteiger partial charge in [0.25, 0.3) is 0 Å². The lowest BCUT2D eigenvalue weighted by atomic mass is 9.94. The van der Waals surface area contributed by atoms with Crippen LogP contribution in [0.25, 0.3) is 0 Å². The summed E-state index contributed by atoms with van der Waals surface area (Å²) in [6.45, 7) is 9.95. The van der Waals surface area contributed by atoms with Gasteiger partial charge in [0.1, 0.15) is 0 Å². The van der Waals surface area contributed by atoms with Gasteiger partial charge >= 0.3 is 0 Å². The second kappa shape index (κ2) is 6.93. The van der Waals surface area contributed by atoms with Crippen LogP contribution in [0.2, 0.25) is 0 Å². The fraction of sp³-hybridized carbons (Fsp3) is 0.684. The zero-order chi connectivity index (χ0) is 14.7. The highest BCUT2D eigenvalue weighted by molar-refractivity contribution is 5.18. The van der Waals surface area contributed by atoms with E-state index < -0.39 is 0 Å². The summed E-state index contributed by atoms with van der Waals surface area (Å²) in [6, 6.07) is 12.5. The van der Waals surface area contributed by atoms with Crippen molar-refractivity contribution in [3.63, 3.8) is 0 Å². The molecule has 2 aliphatic heterocycles. The zero-order valence-electron chi connectivity index (χ0n) is 13.7. The molecule has 2 saturated heterocycles. The molecule has 0 aromatic heterocycles. The van der Waals surface area contributed by atoms with Crippen molar-refractivity contribution in [3.8, 4) is 0 Å². The van der Waals surface area contributed by atoms with Crippen LogP contribution in [0.4, 0.5) is 0 Å². The Kier molecular flexibility index (Phi) is 4.97. The Labute approximate surface area is 130 Å². The summed E-state index contributed by atoms with van der Waals surface area (Å²) in [7, 11) is 0. The van der Waals surface area contributed by atoms with Gasteiger partial charge in [0.05, 0.1) is 0 Å². The van der Waals surface area contributed by atoms with Crippen LogP contribution < -0.4 is 0 Å². The van der Waals surface area contributed by atoms with E-state index in [-0.39, 0.29) is 0 Å². The molecule has 0 spiro atoms. The second-order valence-corrected chi connectivity index (χ2v) is 7.09. The molecule has 3 rings (SSSR count). The minimum absolute atomic E-state index is 0.669. The van der Waals surface area contributed by atoms with Gasteiger partial charge in [-0.05, 0) is 50.8 Å². The first-order valence-electron chi connectivity index (χ1n) is 8.77. The van der Waals surface area contributed by atoms with Crippen LogP contribution in [0.1, 0.15) is 51.0 Å². The van der Waals surface area contributed by atoms with E-state index in [0.29, 0.717) is 5.92 Å². The molecule has 116 valence electrons. The third kappa shape index (κ3) is 3.67. The predicted molar refractivity (Wildman–Crippen MR) is 89.7 cm³/mol. The molecule has 0 N–H and O–H groups in total. The molecule has 2 nitrogen and oxygen atoms in total. The van der Waals surface area contributed by atoms with Gasteiger partial charge in [0.15, 0.2) is 0 Å². The summed E-state index contributed by atoms with van der Waals surface area (Å²) in [5, 5.41) is 0. The molecule has 2 fully saturated rings. The molecule has 0 radical (unpaired) electrons. The average molecular weight is 286 g/mol. The smallest absolute Gasteiger partial charge is 0.0223 e. The van der Waals surface area contributed by atoms with Crippen LogP contribution in [0, 0.1) is 0 Å². The highest BCUT2D eigenvalue weighted by atomic mass is 15.3. The van der Waals surface area contributed by atoms with Crippen molar-refractivity contribution in [1.29, 1.82) is 0 Å². The van der Waals surface area contributed by atoms with Crippen LogP contribution in [-0.4, -0.2) is 48.1 Å². The highest BCUT2D eigenvalue weighted by Crippen LogP contribution is 2.25. The van der Waals surface area contributed by atoms with Gasteiger partial charge in [0.2, 0.25) is 0 Å². The van der Waals surface area contributed by atoms with Crippen LogP contribution in [0.3, 0.4) is 0 Å². The molecular formula is C19H30N2. The number of hydrogen-bond donors (Lipinski definition) is 0. The highest BCUT2D eigenvalue weighted by Gasteiger charge is 2.32. The van der Waals surface area contributed by atoms with Crippen molar-refractivity contribution in [1.82, 2.24) is 9.80 Å². The van der Waals surface area contributed by atoms with Gasteiger partial charge in [-0.25, -0.2) is 0 Å². The van der Waals surface area contributed by atoms with E-state index in [0.717, 1.165) is 12.1 Å². The van der Waals surface area contributed by atoms with Crippen molar-refractivity contribution < 1.29 is 0 Å². The second-order valence-electron chi connectivity index (χ2n) is 7.09. The molecule has 2 heteroatoms. The van der Waals surface area contributed by atoms with E-state index >= 15 is 0 Å².